The molecular weight excluding hydrogens is 380 g/mol. The molecule has 0 spiro atoms. The van der Waals surface area contributed by atoms with Crippen LogP contribution in [0.15, 0.2) is 42.6 Å². The third-order valence-electron chi connectivity index (χ3n) is 5.51. The van der Waals surface area contributed by atoms with Crippen molar-refractivity contribution in [3.8, 4) is 5.69 Å². The quantitative estimate of drug-likeness (QED) is 0.533. The number of carbonyl (C=O) groups is 1. The molecule has 0 atom stereocenters. The van der Waals surface area contributed by atoms with Gasteiger partial charge in [0.15, 0.2) is 5.82 Å². The van der Waals surface area contributed by atoms with Crippen LogP contribution in [0.4, 0.5) is 13.6 Å². The molecule has 4 aromatic rings. The van der Waals surface area contributed by atoms with E-state index in [1.165, 1.54) is 18.3 Å². The van der Waals surface area contributed by atoms with Gasteiger partial charge in [0.05, 0.1) is 11.7 Å². The highest BCUT2D eigenvalue weighted by Gasteiger charge is 2.25. The molecule has 1 saturated heterocycles. The highest BCUT2D eigenvalue weighted by atomic mass is 19.1. The number of hydrogen-bond donors (Lipinski definition) is 1. The first-order valence-corrected chi connectivity index (χ1v) is 9.33. The van der Waals surface area contributed by atoms with Gasteiger partial charge in [0.2, 0.25) is 0 Å². The van der Waals surface area contributed by atoms with Crippen molar-refractivity contribution in [3.05, 3.63) is 59.9 Å². The number of aromatic nitrogens is 3. The van der Waals surface area contributed by atoms with Gasteiger partial charge in [-0.05, 0) is 49.2 Å². The number of halogens is 2. The molecule has 1 N–H and O–H groups in total. The number of nitrogens with zero attached hydrogens (tertiary/aromatic N) is 3. The number of rotatable bonds is 2. The van der Waals surface area contributed by atoms with Crippen molar-refractivity contribution >= 4 is 27.9 Å². The number of carboxylic acid groups (broad SMARTS) is 1. The average molecular weight is 397 g/mol. The lowest BCUT2D eigenvalue weighted by Gasteiger charge is -2.24. The molecule has 0 radical (unpaired) electrons. The fourth-order valence-corrected chi connectivity index (χ4v) is 4.14. The summed E-state index contributed by atoms with van der Waals surface area (Å²) in [7, 11) is 0. The second kappa shape index (κ2) is 6.66. The number of ether oxygens (including phenoxy) is 1. The lowest BCUT2D eigenvalue weighted by atomic mass is 9.96. The maximum Gasteiger partial charge on any atom is 0.432 e. The van der Waals surface area contributed by atoms with E-state index in [9.17, 15) is 14.3 Å². The Labute approximate surface area is 163 Å². The van der Waals surface area contributed by atoms with Gasteiger partial charge in [0, 0.05) is 41.3 Å². The Kier molecular flexibility index (Phi) is 4.09. The maximum absolute atomic E-state index is 15.4. The third-order valence-corrected chi connectivity index (χ3v) is 5.51. The van der Waals surface area contributed by atoms with Crippen LogP contribution in [0.25, 0.3) is 27.5 Å². The summed E-state index contributed by atoms with van der Waals surface area (Å²) in [5.74, 6) is -0.833. The second-order valence-corrected chi connectivity index (χ2v) is 7.17. The van der Waals surface area contributed by atoms with Crippen LogP contribution in [0.3, 0.4) is 0 Å². The van der Waals surface area contributed by atoms with Gasteiger partial charge in [-0.1, -0.05) is 0 Å². The number of fused-ring (bicyclic) bond motifs is 2. The molecule has 148 valence electrons. The van der Waals surface area contributed by atoms with Crippen LogP contribution in [-0.2, 0) is 4.74 Å². The molecule has 0 unspecified atom stereocenters. The Morgan fingerprint density at radius 3 is 2.55 bits per heavy atom. The monoisotopic (exact) mass is 397 g/mol. The molecule has 6 nitrogen and oxygen atoms in total. The second-order valence-electron chi connectivity index (χ2n) is 7.17. The Morgan fingerprint density at radius 2 is 1.86 bits per heavy atom. The highest BCUT2D eigenvalue weighted by molar-refractivity contribution is 6.00. The topological polar surface area (TPSA) is 69.3 Å². The molecule has 1 fully saturated rings. The normalized spacial score (nSPS) is 15.4. The average Bonchev–Trinajstić information content (AvgIpc) is 3.32. The first kappa shape index (κ1) is 17.8. The molecule has 5 rings (SSSR count). The maximum atomic E-state index is 15.4. The van der Waals surface area contributed by atoms with Crippen LogP contribution < -0.4 is 0 Å². The molecular formula is C21H17F2N3O3. The lowest BCUT2D eigenvalue weighted by Crippen LogP contribution is -2.16. The van der Waals surface area contributed by atoms with E-state index in [2.05, 4.69) is 5.10 Å². The SMILES string of the molecule is O=C(O)n1ncc2cc3c(cc(C4CCOCC4)n3-c3ccc(F)cc3)c(F)c21. The Balaban J connectivity index is 1.83. The first-order chi connectivity index (χ1) is 14.0. The van der Waals surface area contributed by atoms with Crippen molar-refractivity contribution in [3.63, 3.8) is 0 Å². The Hall–Kier alpha value is -3.26. The zero-order valence-electron chi connectivity index (χ0n) is 15.3. The van der Waals surface area contributed by atoms with Crippen molar-refractivity contribution in [2.75, 3.05) is 13.2 Å². The van der Waals surface area contributed by atoms with Crippen molar-refractivity contribution < 1.29 is 23.4 Å². The van der Waals surface area contributed by atoms with Crippen LogP contribution in [0.5, 0.6) is 0 Å². The van der Waals surface area contributed by atoms with Crippen LogP contribution in [0, 0.1) is 11.6 Å². The summed E-state index contributed by atoms with van der Waals surface area (Å²) in [4.78, 5) is 11.4. The Bertz CT molecular complexity index is 1240. The smallest absolute Gasteiger partial charge is 0.432 e. The van der Waals surface area contributed by atoms with E-state index >= 15 is 4.39 Å². The molecule has 0 saturated carbocycles. The fourth-order valence-electron chi connectivity index (χ4n) is 4.14. The highest BCUT2D eigenvalue weighted by Crippen LogP contribution is 2.37. The van der Waals surface area contributed by atoms with Crippen molar-refractivity contribution in [2.45, 2.75) is 18.8 Å². The van der Waals surface area contributed by atoms with Gasteiger partial charge >= 0.3 is 6.09 Å². The van der Waals surface area contributed by atoms with E-state index < -0.39 is 11.9 Å². The van der Waals surface area contributed by atoms with Gasteiger partial charge in [0.1, 0.15) is 11.3 Å². The van der Waals surface area contributed by atoms with Crippen molar-refractivity contribution in [2.24, 2.45) is 0 Å². The molecule has 1 aliphatic heterocycles. The third kappa shape index (κ3) is 2.79. The molecule has 0 amide bonds. The van der Waals surface area contributed by atoms with Crippen molar-refractivity contribution in [1.29, 1.82) is 0 Å². The summed E-state index contributed by atoms with van der Waals surface area (Å²) in [6.07, 6.45) is 1.58. The Morgan fingerprint density at radius 1 is 1.14 bits per heavy atom. The van der Waals surface area contributed by atoms with E-state index in [1.54, 1.807) is 24.3 Å². The molecule has 3 heterocycles. The summed E-state index contributed by atoms with van der Waals surface area (Å²) in [5.41, 5.74) is 2.14. The molecule has 8 heteroatoms. The van der Waals surface area contributed by atoms with E-state index in [0.717, 1.165) is 18.5 Å². The molecule has 29 heavy (non-hydrogen) atoms. The molecule has 2 aromatic heterocycles. The summed E-state index contributed by atoms with van der Waals surface area (Å²) in [6.45, 7) is 1.24. The number of hydrogen-bond acceptors (Lipinski definition) is 3. The molecule has 0 bridgehead atoms. The van der Waals surface area contributed by atoms with Gasteiger partial charge in [-0.15, -0.1) is 0 Å². The van der Waals surface area contributed by atoms with Crippen LogP contribution >= 0.6 is 0 Å². The van der Waals surface area contributed by atoms with Crippen molar-refractivity contribution in [1.82, 2.24) is 14.3 Å². The van der Waals surface area contributed by atoms with E-state index in [0.29, 0.717) is 39.9 Å². The van der Waals surface area contributed by atoms with Crippen LogP contribution in [0.1, 0.15) is 24.5 Å². The zero-order chi connectivity index (χ0) is 20.1. The summed E-state index contributed by atoms with van der Waals surface area (Å²) < 4.78 is 37.0. The minimum Gasteiger partial charge on any atom is -0.463 e. The first-order valence-electron chi connectivity index (χ1n) is 9.33. The summed E-state index contributed by atoms with van der Waals surface area (Å²) in [5, 5.41) is 13.8. The van der Waals surface area contributed by atoms with Gasteiger partial charge < -0.3 is 14.4 Å². The fraction of sp³-hybridized carbons (Fsp3) is 0.238. The lowest BCUT2D eigenvalue weighted by molar-refractivity contribution is 0.0842. The largest absolute Gasteiger partial charge is 0.463 e. The zero-order valence-corrected chi connectivity index (χ0v) is 15.3. The van der Waals surface area contributed by atoms with E-state index in [4.69, 9.17) is 4.74 Å². The predicted octanol–water partition coefficient (Wildman–Crippen LogP) is 4.68. The van der Waals surface area contributed by atoms with E-state index in [-0.39, 0.29) is 17.3 Å². The van der Waals surface area contributed by atoms with E-state index in [1.807, 2.05) is 4.57 Å². The van der Waals surface area contributed by atoms with Gasteiger partial charge in [-0.3, -0.25) is 0 Å². The molecule has 1 aliphatic rings. The number of benzene rings is 2. The van der Waals surface area contributed by atoms with Gasteiger partial charge in [-0.25, -0.2) is 13.6 Å². The minimum absolute atomic E-state index is 0.0696. The summed E-state index contributed by atoms with van der Waals surface area (Å²) in [6, 6.07) is 9.54. The molecule has 0 aliphatic carbocycles. The van der Waals surface area contributed by atoms with Crippen LogP contribution in [0.2, 0.25) is 0 Å². The predicted molar refractivity (Wildman–Crippen MR) is 103 cm³/mol. The van der Waals surface area contributed by atoms with Gasteiger partial charge in [-0.2, -0.15) is 9.78 Å². The standard InChI is InChI=1S/C21H17F2N3O3/c22-14-1-3-15(4-2-14)25-17(12-5-7-29-8-6-12)10-16-18(25)9-13-11-24-26(21(27)28)20(13)19(16)23/h1-4,9-12H,5-8H2,(H,27,28). The minimum atomic E-state index is -1.35. The molecule has 2 aromatic carbocycles. The van der Waals surface area contributed by atoms with Crippen LogP contribution in [-0.4, -0.2) is 38.8 Å². The summed E-state index contributed by atoms with van der Waals surface area (Å²) >= 11 is 0. The van der Waals surface area contributed by atoms with Gasteiger partial charge in [0.25, 0.3) is 0 Å².